The highest BCUT2D eigenvalue weighted by Crippen LogP contribution is 2.36. The van der Waals surface area contributed by atoms with Gasteiger partial charge in [0.25, 0.3) is 5.91 Å². The number of carbonyl (C=O) groups excluding carboxylic acids is 1. The van der Waals surface area contributed by atoms with Crippen LogP contribution in [0.15, 0.2) is 66.9 Å². The first kappa shape index (κ1) is 17.5. The van der Waals surface area contributed by atoms with Crippen molar-refractivity contribution in [3.05, 3.63) is 77.4 Å². The largest absolute Gasteiger partial charge is 0.454 e. The average Bonchev–Trinajstić information content (AvgIpc) is 3.22. The molecule has 7 heteroatoms. The van der Waals surface area contributed by atoms with Gasteiger partial charge in [0.1, 0.15) is 0 Å². The van der Waals surface area contributed by atoms with E-state index in [0.29, 0.717) is 39.1 Å². The molecule has 29 heavy (non-hydrogen) atoms. The second kappa shape index (κ2) is 7.07. The highest BCUT2D eigenvalue weighted by Gasteiger charge is 2.18. The van der Waals surface area contributed by atoms with Crippen LogP contribution in [0.25, 0.3) is 22.2 Å². The summed E-state index contributed by atoms with van der Waals surface area (Å²) in [5.41, 5.74) is 2.66. The predicted molar refractivity (Wildman–Crippen MR) is 111 cm³/mol. The number of nitrogens with one attached hydrogen (secondary N) is 1. The van der Waals surface area contributed by atoms with Gasteiger partial charge in [-0.05, 0) is 42.5 Å². The number of aromatic nitrogens is 2. The van der Waals surface area contributed by atoms with Crippen molar-refractivity contribution >= 4 is 34.2 Å². The Morgan fingerprint density at radius 3 is 2.76 bits per heavy atom. The van der Waals surface area contributed by atoms with Crippen molar-refractivity contribution in [3.8, 4) is 22.8 Å². The summed E-state index contributed by atoms with van der Waals surface area (Å²) in [7, 11) is 0. The zero-order valence-corrected chi connectivity index (χ0v) is 15.8. The normalized spacial score (nSPS) is 12.2. The van der Waals surface area contributed by atoms with Gasteiger partial charge in [-0.2, -0.15) is 0 Å². The molecule has 2 aromatic carbocycles. The van der Waals surface area contributed by atoms with Gasteiger partial charge in [-0.1, -0.05) is 29.8 Å². The van der Waals surface area contributed by atoms with E-state index in [1.165, 1.54) is 0 Å². The monoisotopic (exact) mass is 403 g/mol. The minimum Gasteiger partial charge on any atom is -0.454 e. The number of benzene rings is 2. The van der Waals surface area contributed by atoms with Crippen molar-refractivity contribution < 1.29 is 14.3 Å². The number of carbonyl (C=O) groups is 1. The molecule has 142 valence electrons. The van der Waals surface area contributed by atoms with E-state index in [0.717, 1.165) is 10.9 Å². The number of amides is 1. The number of nitrogens with zero attached hydrogens (tertiary/aromatic N) is 2. The van der Waals surface area contributed by atoms with Crippen LogP contribution in [-0.2, 0) is 0 Å². The second-order valence-corrected chi connectivity index (χ2v) is 6.84. The van der Waals surface area contributed by atoms with Crippen LogP contribution in [0.1, 0.15) is 10.4 Å². The summed E-state index contributed by atoms with van der Waals surface area (Å²) in [6.07, 6.45) is 1.57. The van der Waals surface area contributed by atoms with Gasteiger partial charge in [0.15, 0.2) is 17.3 Å². The Labute approximate surface area is 171 Å². The molecular formula is C22H14ClN3O3. The lowest BCUT2D eigenvalue weighted by atomic mass is 10.0. The maximum absolute atomic E-state index is 13.1. The first-order chi connectivity index (χ1) is 14.2. The molecule has 5 rings (SSSR count). The molecule has 0 unspecified atom stereocenters. The lowest BCUT2D eigenvalue weighted by Gasteiger charge is -2.11. The summed E-state index contributed by atoms with van der Waals surface area (Å²) in [6.45, 7) is 0.197. The highest BCUT2D eigenvalue weighted by atomic mass is 35.5. The number of hydrogen-bond donors (Lipinski definition) is 1. The number of rotatable bonds is 3. The Hall–Kier alpha value is -3.64. The van der Waals surface area contributed by atoms with Crippen molar-refractivity contribution in [2.24, 2.45) is 0 Å². The lowest BCUT2D eigenvalue weighted by Crippen LogP contribution is -2.14. The molecule has 1 amide bonds. The van der Waals surface area contributed by atoms with Gasteiger partial charge in [0.05, 0.1) is 21.8 Å². The lowest BCUT2D eigenvalue weighted by molar-refractivity contribution is 0.102. The van der Waals surface area contributed by atoms with Crippen molar-refractivity contribution in [2.75, 3.05) is 12.1 Å². The van der Waals surface area contributed by atoms with Crippen LogP contribution in [-0.4, -0.2) is 22.7 Å². The van der Waals surface area contributed by atoms with E-state index in [4.69, 9.17) is 26.1 Å². The Kier molecular flexibility index (Phi) is 4.26. The first-order valence-electron chi connectivity index (χ1n) is 8.91. The Morgan fingerprint density at radius 1 is 1.00 bits per heavy atom. The van der Waals surface area contributed by atoms with Crippen molar-refractivity contribution in [1.82, 2.24) is 9.97 Å². The summed E-state index contributed by atoms with van der Waals surface area (Å²) in [6, 6.07) is 18.2. The summed E-state index contributed by atoms with van der Waals surface area (Å²) < 4.78 is 10.8. The molecule has 0 saturated heterocycles. The van der Waals surface area contributed by atoms with Gasteiger partial charge in [0, 0.05) is 17.1 Å². The Balaban J connectivity index is 1.61. The number of pyridine rings is 2. The molecule has 0 fully saturated rings. The van der Waals surface area contributed by atoms with E-state index >= 15 is 0 Å². The van der Waals surface area contributed by atoms with E-state index in [-0.39, 0.29) is 12.7 Å². The van der Waals surface area contributed by atoms with Crippen LogP contribution in [0, 0.1) is 0 Å². The fraction of sp³-hybridized carbons (Fsp3) is 0.0455. The van der Waals surface area contributed by atoms with E-state index in [1.807, 2.05) is 42.5 Å². The third-order valence-electron chi connectivity index (χ3n) is 4.62. The van der Waals surface area contributed by atoms with E-state index < -0.39 is 0 Å². The van der Waals surface area contributed by atoms with E-state index in [2.05, 4.69) is 10.3 Å². The SMILES string of the molecule is O=C(Nc1ncccc1Cl)c1cc(-c2ccc3c(c2)OCO3)nc2ccccc12. The highest BCUT2D eigenvalue weighted by molar-refractivity contribution is 6.33. The van der Waals surface area contributed by atoms with Crippen LogP contribution < -0.4 is 14.8 Å². The van der Waals surface area contributed by atoms with Gasteiger partial charge in [-0.3, -0.25) is 4.79 Å². The molecule has 6 nitrogen and oxygen atoms in total. The smallest absolute Gasteiger partial charge is 0.257 e. The maximum Gasteiger partial charge on any atom is 0.257 e. The quantitative estimate of drug-likeness (QED) is 0.525. The Morgan fingerprint density at radius 2 is 1.86 bits per heavy atom. The van der Waals surface area contributed by atoms with Crippen LogP contribution >= 0.6 is 11.6 Å². The molecular weight excluding hydrogens is 390 g/mol. The van der Waals surface area contributed by atoms with Crippen LogP contribution in [0.5, 0.6) is 11.5 Å². The number of ether oxygens (including phenoxy) is 2. The van der Waals surface area contributed by atoms with Crippen molar-refractivity contribution in [3.63, 3.8) is 0 Å². The topological polar surface area (TPSA) is 73.3 Å². The number of para-hydroxylation sites is 1. The molecule has 1 aliphatic heterocycles. The predicted octanol–water partition coefficient (Wildman–Crippen LogP) is 4.93. The molecule has 0 radical (unpaired) electrons. The standard InChI is InChI=1S/C22H14ClN3O3/c23-16-5-3-9-24-21(16)26-22(27)15-11-18(25-17-6-2-1-4-14(15)17)13-7-8-19-20(10-13)29-12-28-19/h1-11H,12H2,(H,24,26,27). The van der Waals surface area contributed by atoms with Crippen LogP contribution in [0.2, 0.25) is 5.02 Å². The molecule has 1 N–H and O–H groups in total. The molecule has 0 saturated carbocycles. The Bertz CT molecular complexity index is 1260. The van der Waals surface area contributed by atoms with E-state index in [9.17, 15) is 4.79 Å². The minimum absolute atomic E-state index is 0.197. The third-order valence-corrected chi connectivity index (χ3v) is 4.92. The zero-order valence-electron chi connectivity index (χ0n) is 15.1. The second-order valence-electron chi connectivity index (χ2n) is 6.43. The molecule has 0 bridgehead atoms. The third kappa shape index (κ3) is 3.23. The minimum atomic E-state index is -0.314. The van der Waals surface area contributed by atoms with Gasteiger partial charge >= 0.3 is 0 Å². The van der Waals surface area contributed by atoms with Gasteiger partial charge in [-0.25, -0.2) is 9.97 Å². The number of anilines is 1. The molecule has 2 aromatic heterocycles. The molecule has 3 heterocycles. The zero-order chi connectivity index (χ0) is 19.8. The van der Waals surface area contributed by atoms with Crippen LogP contribution in [0.3, 0.4) is 0 Å². The molecule has 4 aromatic rings. The average molecular weight is 404 g/mol. The number of halogens is 1. The summed E-state index contributed by atoms with van der Waals surface area (Å²) in [5.74, 6) is 1.34. The van der Waals surface area contributed by atoms with Crippen molar-refractivity contribution in [1.29, 1.82) is 0 Å². The number of fused-ring (bicyclic) bond motifs is 2. The van der Waals surface area contributed by atoms with E-state index in [1.54, 1.807) is 24.4 Å². The molecule has 0 spiro atoms. The molecule has 1 aliphatic rings. The summed E-state index contributed by atoms with van der Waals surface area (Å²) >= 11 is 6.14. The van der Waals surface area contributed by atoms with Gasteiger partial charge in [-0.15, -0.1) is 0 Å². The fourth-order valence-electron chi connectivity index (χ4n) is 3.22. The molecule has 0 atom stereocenters. The molecule has 0 aliphatic carbocycles. The first-order valence-corrected chi connectivity index (χ1v) is 9.28. The van der Waals surface area contributed by atoms with Gasteiger partial charge in [0.2, 0.25) is 6.79 Å². The van der Waals surface area contributed by atoms with Gasteiger partial charge < -0.3 is 14.8 Å². The number of hydrogen-bond acceptors (Lipinski definition) is 5. The summed E-state index contributed by atoms with van der Waals surface area (Å²) in [5, 5.41) is 3.89. The maximum atomic E-state index is 13.1. The fourth-order valence-corrected chi connectivity index (χ4v) is 3.39. The van der Waals surface area contributed by atoms with Crippen LogP contribution in [0.4, 0.5) is 5.82 Å². The van der Waals surface area contributed by atoms with Crippen molar-refractivity contribution in [2.45, 2.75) is 0 Å². The summed E-state index contributed by atoms with van der Waals surface area (Å²) in [4.78, 5) is 21.9.